The van der Waals surface area contributed by atoms with Crippen molar-refractivity contribution in [3.63, 3.8) is 0 Å². The van der Waals surface area contributed by atoms with Crippen LogP contribution in [0.15, 0.2) is 46.4 Å². The first-order valence-corrected chi connectivity index (χ1v) is 7.04. The Bertz CT molecular complexity index is 750. The highest BCUT2D eigenvalue weighted by atomic mass is 16.5. The van der Waals surface area contributed by atoms with E-state index in [0.29, 0.717) is 34.4 Å². The third-order valence-electron chi connectivity index (χ3n) is 3.64. The number of amidine groups is 1. The van der Waals surface area contributed by atoms with Gasteiger partial charge < -0.3 is 14.2 Å². The maximum atomic E-state index is 12.2. The zero-order valence-corrected chi connectivity index (χ0v) is 13.1. The van der Waals surface area contributed by atoms with E-state index in [1.54, 1.807) is 18.2 Å². The van der Waals surface area contributed by atoms with Gasteiger partial charge in [0.2, 0.25) is 5.75 Å². The van der Waals surface area contributed by atoms with Crippen LogP contribution in [0.25, 0.3) is 0 Å². The molecule has 0 saturated heterocycles. The Hall–Kier alpha value is -2.89. The van der Waals surface area contributed by atoms with Crippen LogP contribution in [0.3, 0.4) is 0 Å². The number of methoxy groups -OCH3 is 3. The average molecular weight is 312 g/mol. The summed E-state index contributed by atoms with van der Waals surface area (Å²) in [6, 6.07) is 3.44. The van der Waals surface area contributed by atoms with Crippen LogP contribution in [0, 0.1) is 5.92 Å². The number of benzene rings is 1. The van der Waals surface area contributed by atoms with Gasteiger partial charge in [0.1, 0.15) is 5.92 Å². The van der Waals surface area contributed by atoms with Gasteiger partial charge >= 0.3 is 0 Å². The summed E-state index contributed by atoms with van der Waals surface area (Å²) < 4.78 is 15.9. The van der Waals surface area contributed by atoms with Crippen LogP contribution in [0.1, 0.15) is 5.56 Å². The van der Waals surface area contributed by atoms with Gasteiger partial charge in [-0.1, -0.05) is 18.2 Å². The predicted octanol–water partition coefficient (Wildman–Crippen LogP) is 2.18. The van der Waals surface area contributed by atoms with Crippen molar-refractivity contribution in [2.24, 2.45) is 15.9 Å². The lowest BCUT2D eigenvalue weighted by atomic mass is 9.96. The molecule has 0 N–H and O–H groups in total. The number of allylic oxidation sites excluding steroid dienone is 3. The molecule has 23 heavy (non-hydrogen) atoms. The van der Waals surface area contributed by atoms with E-state index in [1.165, 1.54) is 21.3 Å². The first kappa shape index (κ1) is 15.0. The Labute approximate surface area is 133 Å². The number of nitrogens with zero attached hydrogens (tertiary/aromatic N) is 2. The molecule has 0 bridgehead atoms. The molecule has 1 aliphatic heterocycles. The quantitative estimate of drug-likeness (QED) is 0.854. The molecule has 0 fully saturated rings. The highest BCUT2D eigenvalue weighted by Crippen LogP contribution is 2.38. The third kappa shape index (κ3) is 2.63. The van der Waals surface area contributed by atoms with Gasteiger partial charge in [0.25, 0.3) is 5.91 Å². The molecule has 1 aromatic rings. The van der Waals surface area contributed by atoms with Crippen LogP contribution >= 0.6 is 0 Å². The molecular formula is C17H16N2O4. The zero-order chi connectivity index (χ0) is 16.4. The van der Waals surface area contributed by atoms with E-state index in [-0.39, 0.29) is 5.91 Å². The molecule has 0 saturated carbocycles. The summed E-state index contributed by atoms with van der Waals surface area (Å²) in [7, 11) is 4.60. The van der Waals surface area contributed by atoms with Gasteiger partial charge in [-0.3, -0.25) is 4.79 Å². The number of rotatable bonds is 4. The standard InChI is InChI=1S/C17H16N2O4/c1-21-13-8-10(9-14(22-2)15(13)23-3)16-18-12-7-5-4-6-11(12)17(20)19-16/h4-9,11H,1-3H3. The number of carbonyl (C=O) groups is 1. The number of fused-ring (bicyclic) bond motifs is 1. The number of carbonyl (C=O) groups excluding carboxylic acids is 1. The summed E-state index contributed by atoms with van der Waals surface area (Å²) in [6.45, 7) is 0. The summed E-state index contributed by atoms with van der Waals surface area (Å²) in [5.41, 5.74) is 1.30. The molecule has 1 aromatic carbocycles. The number of hydrogen-bond donors (Lipinski definition) is 0. The summed E-state index contributed by atoms with van der Waals surface area (Å²) in [6.07, 6.45) is 7.27. The minimum atomic E-state index is -0.397. The van der Waals surface area contributed by atoms with Crippen molar-refractivity contribution < 1.29 is 19.0 Å². The molecule has 1 aliphatic carbocycles. The van der Waals surface area contributed by atoms with Gasteiger partial charge in [-0.05, 0) is 18.2 Å². The molecule has 0 spiro atoms. The van der Waals surface area contributed by atoms with Crippen molar-refractivity contribution in [2.75, 3.05) is 21.3 Å². The van der Waals surface area contributed by atoms with Crippen molar-refractivity contribution in [3.05, 3.63) is 42.0 Å². The molecule has 1 heterocycles. The highest BCUT2D eigenvalue weighted by molar-refractivity contribution is 6.24. The number of aliphatic imine (C=N–C) groups is 2. The van der Waals surface area contributed by atoms with Gasteiger partial charge in [-0.25, -0.2) is 4.99 Å². The second kappa shape index (κ2) is 6.08. The molecule has 118 valence electrons. The molecule has 6 heteroatoms. The fourth-order valence-corrected chi connectivity index (χ4v) is 2.51. The topological polar surface area (TPSA) is 69.5 Å². The molecule has 1 unspecified atom stereocenters. The summed E-state index contributed by atoms with van der Waals surface area (Å²) in [4.78, 5) is 20.8. The smallest absolute Gasteiger partial charge is 0.260 e. The molecule has 3 rings (SSSR count). The molecule has 6 nitrogen and oxygen atoms in total. The summed E-state index contributed by atoms with van der Waals surface area (Å²) in [5.74, 6) is 1.15. The van der Waals surface area contributed by atoms with Crippen LogP contribution in [0.5, 0.6) is 17.2 Å². The zero-order valence-electron chi connectivity index (χ0n) is 13.1. The van der Waals surface area contributed by atoms with Crippen LogP contribution in [0.2, 0.25) is 0 Å². The van der Waals surface area contributed by atoms with E-state index >= 15 is 0 Å². The minimum Gasteiger partial charge on any atom is -0.493 e. The van der Waals surface area contributed by atoms with Gasteiger partial charge in [-0.15, -0.1) is 0 Å². The van der Waals surface area contributed by atoms with Crippen molar-refractivity contribution >= 4 is 17.5 Å². The minimum absolute atomic E-state index is 0.237. The lowest BCUT2D eigenvalue weighted by Crippen LogP contribution is -2.27. The van der Waals surface area contributed by atoms with Crippen LogP contribution in [-0.4, -0.2) is 38.8 Å². The fraction of sp³-hybridized carbons (Fsp3) is 0.235. The molecule has 2 aliphatic rings. The summed E-state index contributed by atoms with van der Waals surface area (Å²) in [5, 5.41) is 0. The fourth-order valence-electron chi connectivity index (χ4n) is 2.51. The van der Waals surface area contributed by atoms with E-state index < -0.39 is 5.92 Å². The van der Waals surface area contributed by atoms with E-state index in [1.807, 2.05) is 18.2 Å². The lowest BCUT2D eigenvalue weighted by molar-refractivity contribution is -0.118. The van der Waals surface area contributed by atoms with Crippen LogP contribution in [-0.2, 0) is 4.79 Å². The van der Waals surface area contributed by atoms with Gasteiger partial charge in [0.15, 0.2) is 17.3 Å². The first-order valence-electron chi connectivity index (χ1n) is 7.04. The maximum absolute atomic E-state index is 12.2. The Morgan fingerprint density at radius 3 is 2.26 bits per heavy atom. The Kier molecular flexibility index (Phi) is 3.97. The SMILES string of the molecule is COc1cc(C2=NC(=O)C3C=CC=CC3=N2)cc(OC)c1OC. The second-order valence-electron chi connectivity index (χ2n) is 4.95. The normalized spacial score (nSPS) is 18.9. The largest absolute Gasteiger partial charge is 0.493 e. The van der Waals surface area contributed by atoms with Crippen LogP contribution in [0.4, 0.5) is 0 Å². The van der Waals surface area contributed by atoms with Gasteiger partial charge in [-0.2, -0.15) is 4.99 Å². The van der Waals surface area contributed by atoms with Crippen molar-refractivity contribution in [3.8, 4) is 17.2 Å². The average Bonchev–Trinajstić information content (AvgIpc) is 2.60. The number of ether oxygens (including phenoxy) is 3. The monoisotopic (exact) mass is 312 g/mol. The number of hydrogen-bond acceptors (Lipinski definition) is 5. The lowest BCUT2D eigenvalue weighted by Gasteiger charge is -2.19. The van der Waals surface area contributed by atoms with Crippen molar-refractivity contribution in [1.82, 2.24) is 0 Å². The maximum Gasteiger partial charge on any atom is 0.260 e. The molecule has 0 aromatic heterocycles. The Balaban J connectivity index is 2.09. The summed E-state index contributed by atoms with van der Waals surface area (Å²) >= 11 is 0. The highest BCUT2D eigenvalue weighted by Gasteiger charge is 2.27. The molecule has 0 radical (unpaired) electrons. The Morgan fingerprint density at radius 2 is 1.65 bits per heavy atom. The van der Waals surface area contributed by atoms with Crippen molar-refractivity contribution in [1.29, 1.82) is 0 Å². The van der Waals surface area contributed by atoms with Crippen LogP contribution < -0.4 is 14.2 Å². The third-order valence-corrected chi connectivity index (χ3v) is 3.64. The Morgan fingerprint density at radius 1 is 0.957 bits per heavy atom. The molecular weight excluding hydrogens is 296 g/mol. The van der Waals surface area contributed by atoms with E-state index in [4.69, 9.17) is 14.2 Å². The molecule has 1 atom stereocenters. The van der Waals surface area contributed by atoms with Gasteiger partial charge in [0, 0.05) is 5.56 Å². The molecule has 1 amide bonds. The van der Waals surface area contributed by atoms with E-state index in [2.05, 4.69) is 9.98 Å². The predicted molar refractivity (Wildman–Crippen MR) is 86.8 cm³/mol. The van der Waals surface area contributed by atoms with E-state index in [0.717, 1.165) is 0 Å². The first-order chi connectivity index (χ1) is 11.2. The second-order valence-corrected chi connectivity index (χ2v) is 4.95. The van der Waals surface area contributed by atoms with E-state index in [9.17, 15) is 4.79 Å². The van der Waals surface area contributed by atoms with Crippen molar-refractivity contribution in [2.45, 2.75) is 0 Å². The number of amides is 1. The van der Waals surface area contributed by atoms with Gasteiger partial charge in [0.05, 0.1) is 27.0 Å².